The fourth-order valence-electron chi connectivity index (χ4n) is 3.36. The Hall–Kier alpha value is -0.523. The summed E-state index contributed by atoms with van der Waals surface area (Å²) in [6.07, 6.45) is 10.5. The van der Waals surface area contributed by atoms with Gasteiger partial charge in [0.25, 0.3) is 0 Å². The van der Waals surface area contributed by atoms with Gasteiger partial charge in [-0.15, -0.1) is 6.42 Å². The van der Waals surface area contributed by atoms with Crippen LogP contribution in [0.4, 0.5) is 0 Å². The average Bonchev–Trinajstić information content (AvgIpc) is 2.48. The van der Waals surface area contributed by atoms with Crippen LogP contribution in [0.5, 0.6) is 0 Å². The largest absolute Gasteiger partial charge is 0.414 e. The lowest BCUT2D eigenvalue weighted by Crippen LogP contribution is -2.46. The highest BCUT2D eigenvalue weighted by Gasteiger charge is 2.49. The molecule has 0 heterocycles. The van der Waals surface area contributed by atoms with Gasteiger partial charge in [0.2, 0.25) is 0 Å². The van der Waals surface area contributed by atoms with E-state index in [1.807, 2.05) is 0 Å². The Labute approximate surface area is 119 Å². The van der Waals surface area contributed by atoms with Gasteiger partial charge in [0.05, 0.1) is 0 Å². The Balaban J connectivity index is 2.13. The Morgan fingerprint density at radius 1 is 1.37 bits per heavy atom. The van der Waals surface area contributed by atoms with E-state index < -0.39 is 8.32 Å². The third-order valence-electron chi connectivity index (χ3n) is 5.52. The molecular weight excluding hydrogens is 248 g/mol. The van der Waals surface area contributed by atoms with Crippen LogP contribution in [0.1, 0.15) is 46.5 Å². The second kappa shape index (κ2) is 4.50. The molecule has 2 heteroatoms. The molecule has 2 rings (SSSR count). The zero-order chi connectivity index (χ0) is 14.5. The van der Waals surface area contributed by atoms with E-state index in [2.05, 4.69) is 46.4 Å². The zero-order valence-electron chi connectivity index (χ0n) is 13.2. The van der Waals surface area contributed by atoms with E-state index in [1.165, 1.54) is 5.57 Å². The molecule has 3 atom stereocenters. The molecule has 0 aromatic carbocycles. The Bertz CT molecular complexity index is 424. The minimum Gasteiger partial charge on any atom is -0.414 e. The van der Waals surface area contributed by atoms with Crippen molar-refractivity contribution in [1.29, 1.82) is 0 Å². The molecular formula is C17H28OSi. The van der Waals surface area contributed by atoms with E-state index in [-0.39, 0.29) is 10.5 Å². The van der Waals surface area contributed by atoms with Crippen LogP contribution in [0.25, 0.3) is 0 Å². The van der Waals surface area contributed by atoms with Crippen LogP contribution in [-0.4, -0.2) is 14.4 Å². The molecule has 0 spiro atoms. The third kappa shape index (κ3) is 2.69. The number of fused-ring (bicyclic) bond motifs is 2. The molecule has 2 aliphatic carbocycles. The van der Waals surface area contributed by atoms with Crippen molar-refractivity contribution in [2.24, 2.45) is 11.3 Å². The number of allylic oxidation sites excluding steroid dienone is 1. The van der Waals surface area contributed by atoms with Crippen LogP contribution in [0.2, 0.25) is 18.1 Å². The van der Waals surface area contributed by atoms with E-state index in [0.29, 0.717) is 12.0 Å². The molecule has 0 N–H and O–H groups in total. The summed E-state index contributed by atoms with van der Waals surface area (Å²) in [6, 6.07) is 0. The molecule has 0 aromatic heterocycles. The van der Waals surface area contributed by atoms with E-state index in [4.69, 9.17) is 10.8 Å². The summed E-state index contributed by atoms with van der Waals surface area (Å²) < 4.78 is 6.60. The van der Waals surface area contributed by atoms with Crippen LogP contribution >= 0.6 is 0 Å². The summed E-state index contributed by atoms with van der Waals surface area (Å²) in [4.78, 5) is 0. The Kier molecular flexibility index (Phi) is 3.52. The highest BCUT2D eigenvalue weighted by molar-refractivity contribution is 6.74. The van der Waals surface area contributed by atoms with Gasteiger partial charge in [-0.05, 0) is 49.7 Å². The SMILES string of the molecule is C#C[C@]12CC(=C)[C@H](C[C@H](O[Si](C)(C)C(C)(C)C)C1)C2. The standard InChI is InChI=1S/C17H28OSi/c1-8-17-10-13(2)14(11-17)9-15(12-17)18-19(6,7)16(3,4)5/h1,14-15H,2,9-12H2,3-7H3/t14-,15+,17-/m1/s1. The van der Waals surface area contributed by atoms with E-state index in [0.717, 1.165) is 25.7 Å². The average molecular weight is 276 g/mol. The van der Waals surface area contributed by atoms with Gasteiger partial charge in [-0.1, -0.05) is 38.8 Å². The lowest BCUT2D eigenvalue weighted by molar-refractivity contribution is 0.0857. The maximum atomic E-state index is 6.60. The summed E-state index contributed by atoms with van der Waals surface area (Å²) >= 11 is 0. The van der Waals surface area contributed by atoms with Crippen LogP contribution in [0, 0.1) is 23.7 Å². The van der Waals surface area contributed by atoms with Crippen molar-refractivity contribution in [3.8, 4) is 12.3 Å². The molecule has 19 heavy (non-hydrogen) atoms. The molecule has 2 saturated carbocycles. The minimum atomic E-state index is -1.69. The molecule has 1 nitrogen and oxygen atoms in total. The zero-order valence-corrected chi connectivity index (χ0v) is 14.2. The summed E-state index contributed by atoms with van der Waals surface area (Å²) in [6.45, 7) is 15.8. The topological polar surface area (TPSA) is 9.23 Å². The summed E-state index contributed by atoms with van der Waals surface area (Å²) in [5.74, 6) is 3.67. The molecule has 2 bridgehead atoms. The lowest BCUT2D eigenvalue weighted by atomic mass is 9.75. The van der Waals surface area contributed by atoms with Gasteiger partial charge in [-0.3, -0.25) is 0 Å². The smallest absolute Gasteiger partial charge is 0.192 e. The van der Waals surface area contributed by atoms with Gasteiger partial charge >= 0.3 is 0 Å². The number of terminal acetylenes is 1. The Morgan fingerprint density at radius 2 is 2.00 bits per heavy atom. The first-order valence-electron chi connectivity index (χ1n) is 7.42. The van der Waals surface area contributed by atoms with Gasteiger partial charge in [-0.25, -0.2) is 0 Å². The summed E-state index contributed by atoms with van der Waals surface area (Å²) in [5.41, 5.74) is 1.41. The van der Waals surface area contributed by atoms with Crippen LogP contribution in [0.15, 0.2) is 12.2 Å². The van der Waals surface area contributed by atoms with Crippen LogP contribution in [-0.2, 0) is 4.43 Å². The fourth-order valence-corrected chi connectivity index (χ4v) is 4.73. The van der Waals surface area contributed by atoms with Gasteiger partial charge < -0.3 is 4.43 Å². The first kappa shape index (κ1) is 14.9. The molecule has 0 saturated heterocycles. The number of hydrogen-bond acceptors (Lipinski definition) is 1. The third-order valence-corrected chi connectivity index (χ3v) is 10.1. The van der Waals surface area contributed by atoms with Crippen molar-refractivity contribution in [3.05, 3.63) is 12.2 Å². The van der Waals surface area contributed by atoms with Crippen molar-refractivity contribution >= 4 is 8.32 Å². The molecule has 0 amide bonds. The predicted molar refractivity (Wildman–Crippen MR) is 84.4 cm³/mol. The first-order valence-corrected chi connectivity index (χ1v) is 10.3. The first-order chi connectivity index (χ1) is 8.59. The summed E-state index contributed by atoms with van der Waals surface area (Å²) in [7, 11) is -1.69. The van der Waals surface area contributed by atoms with Crippen molar-refractivity contribution in [1.82, 2.24) is 0 Å². The van der Waals surface area contributed by atoms with Gasteiger partial charge in [0.1, 0.15) is 0 Å². The molecule has 0 unspecified atom stereocenters. The molecule has 0 aliphatic heterocycles. The maximum Gasteiger partial charge on any atom is 0.192 e. The van der Waals surface area contributed by atoms with E-state index in [1.54, 1.807) is 0 Å². The van der Waals surface area contributed by atoms with Crippen molar-refractivity contribution in [3.63, 3.8) is 0 Å². The number of hydrogen-bond donors (Lipinski definition) is 0. The minimum absolute atomic E-state index is 0.0486. The van der Waals surface area contributed by atoms with E-state index >= 15 is 0 Å². The monoisotopic (exact) mass is 276 g/mol. The van der Waals surface area contributed by atoms with Gasteiger partial charge in [0, 0.05) is 11.5 Å². The molecule has 2 aliphatic rings. The fraction of sp³-hybridized carbons (Fsp3) is 0.765. The van der Waals surface area contributed by atoms with Gasteiger partial charge in [-0.2, -0.15) is 0 Å². The van der Waals surface area contributed by atoms with Crippen LogP contribution < -0.4 is 0 Å². The maximum absolute atomic E-state index is 6.60. The highest BCUT2D eigenvalue weighted by Crippen LogP contribution is 2.54. The number of rotatable bonds is 2. The van der Waals surface area contributed by atoms with E-state index in [9.17, 15) is 0 Å². The molecule has 0 radical (unpaired) electrons. The molecule has 0 aromatic rings. The predicted octanol–water partition coefficient (Wildman–Crippen LogP) is 4.76. The van der Waals surface area contributed by atoms with Crippen molar-refractivity contribution in [2.45, 2.75) is 70.7 Å². The van der Waals surface area contributed by atoms with Crippen molar-refractivity contribution in [2.75, 3.05) is 0 Å². The normalized spacial score (nSPS) is 35.3. The molecule has 2 fully saturated rings. The van der Waals surface area contributed by atoms with Crippen molar-refractivity contribution < 1.29 is 4.43 Å². The lowest BCUT2D eigenvalue weighted by Gasteiger charge is -2.43. The van der Waals surface area contributed by atoms with Crippen LogP contribution in [0.3, 0.4) is 0 Å². The van der Waals surface area contributed by atoms with Gasteiger partial charge in [0.15, 0.2) is 8.32 Å². The second-order valence-electron chi connectivity index (χ2n) is 8.10. The summed E-state index contributed by atoms with van der Waals surface area (Å²) in [5, 5.41) is 0.268. The Morgan fingerprint density at radius 3 is 2.53 bits per heavy atom. The quantitative estimate of drug-likeness (QED) is 0.401. The second-order valence-corrected chi connectivity index (χ2v) is 12.9. The molecule has 106 valence electrons. The highest BCUT2D eigenvalue weighted by atomic mass is 28.4.